The van der Waals surface area contributed by atoms with Crippen LogP contribution in [0.15, 0.2) is 0 Å². The first kappa shape index (κ1) is 11.5. The van der Waals surface area contributed by atoms with E-state index in [1.807, 2.05) is 0 Å². The predicted molar refractivity (Wildman–Crippen MR) is 54.9 cm³/mol. The Morgan fingerprint density at radius 1 is 1.43 bits per heavy atom. The van der Waals surface area contributed by atoms with Gasteiger partial charge >= 0.3 is 5.97 Å². The maximum Gasteiger partial charge on any atom is 0.325 e. The lowest BCUT2D eigenvalue weighted by Crippen LogP contribution is -2.46. The summed E-state index contributed by atoms with van der Waals surface area (Å²) in [6, 6.07) is 0. The van der Waals surface area contributed by atoms with Crippen molar-refractivity contribution in [2.45, 2.75) is 38.3 Å². The van der Waals surface area contributed by atoms with Gasteiger partial charge in [0.25, 0.3) is 0 Å². The lowest BCUT2D eigenvalue weighted by atomic mass is 10.1. The molecule has 1 rings (SSSR count). The van der Waals surface area contributed by atoms with Crippen LogP contribution in [0.5, 0.6) is 0 Å². The van der Waals surface area contributed by atoms with Gasteiger partial charge in [0.2, 0.25) is 0 Å². The fraction of sp³-hybridized carbons (Fsp3) is 0.900. The van der Waals surface area contributed by atoms with Crippen molar-refractivity contribution >= 4 is 5.97 Å². The fourth-order valence-electron chi connectivity index (χ4n) is 1.41. The van der Waals surface area contributed by atoms with Gasteiger partial charge in [-0.3, -0.25) is 4.79 Å². The van der Waals surface area contributed by atoms with Crippen molar-refractivity contribution in [2.75, 3.05) is 20.1 Å². The van der Waals surface area contributed by atoms with Gasteiger partial charge in [0.15, 0.2) is 0 Å². The molecular formula is C10H20N2O2. The summed E-state index contributed by atoms with van der Waals surface area (Å²) in [4.78, 5) is 13.7. The van der Waals surface area contributed by atoms with E-state index >= 15 is 0 Å². The van der Waals surface area contributed by atoms with Crippen LogP contribution >= 0.6 is 0 Å². The summed E-state index contributed by atoms with van der Waals surface area (Å²) < 4.78 is 5.31. The number of likely N-dealkylation sites (tertiary alicyclic amines) is 1. The van der Waals surface area contributed by atoms with E-state index in [1.165, 1.54) is 0 Å². The highest BCUT2D eigenvalue weighted by Gasteiger charge is 2.28. The summed E-state index contributed by atoms with van der Waals surface area (Å²) in [6.07, 6.45) is 1.89. The molecule has 1 heterocycles. The quantitative estimate of drug-likeness (QED) is 0.654. The minimum atomic E-state index is -0.872. The molecule has 2 N–H and O–H groups in total. The fourth-order valence-corrected chi connectivity index (χ4v) is 1.41. The van der Waals surface area contributed by atoms with Gasteiger partial charge in [-0.05, 0) is 33.7 Å². The van der Waals surface area contributed by atoms with Crippen LogP contribution < -0.4 is 5.73 Å². The number of piperidine rings is 1. The van der Waals surface area contributed by atoms with Crippen molar-refractivity contribution in [1.29, 1.82) is 0 Å². The number of hydrogen-bond acceptors (Lipinski definition) is 4. The van der Waals surface area contributed by atoms with Gasteiger partial charge < -0.3 is 15.4 Å². The molecule has 1 saturated heterocycles. The third-order valence-electron chi connectivity index (χ3n) is 2.47. The van der Waals surface area contributed by atoms with Crippen molar-refractivity contribution in [3.63, 3.8) is 0 Å². The molecule has 1 aliphatic rings. The van der Waals surface area contributed by atoms with Crippen LogP contribution in [-0.4, -0.2) is 42.6 Å². The summed E-state index contributed by atoms with van der Waals surface area (Å²) in [5.41, 5.74) is 4.77. The van der Waals surface area contributed by atoms with E-state index in [9.17, 15) is 4.79 Å². The Labute approximate surface area is 85.4 Å². The van der Waals surface area contributed by atoms with Crippen LogP contribution in [0.1, 0.15) is 26.7 Å². The Hall–Kier alpha value is -0.610. The average Bonchev–Trinajstić information content (AvgIpc) is 2.07. The van der Waals surface area contributed by atoms with Gasteiger partial charge in [0.05, 0.1) is 0 Å². The molecule has 82 valence electrons. The summed E-state index contributed by atoms with van der Waals surface area (Å²) in [6.45, 7) is 5.32. The molecule has 4 heteroatoms. The summed E-state index contributed by atoms with van der Waals surface area (Å²) in [5, 5.41) is 0. The molecule has 0 spiro atoms. The smallest absolute Gasteiger partial charge is 0.325 e. The van der Waals surface area contributed by atoms with Crippen molar-refractivity contribution < 1.29 is 9.53 Å². The second-order valence-corrected chi connectivity index (χ2v) is 4.63. The molecule has 1 aliphatic heterocycles. The first-order valence-electron chi connectivity index (χ1n) is 5.08. The maximum absolute atomic E-state index is 11.5. The third-order valence-corrected chi connectivity index (χ3v) is 2.47. The van der Waals surface area contributed by atoms with Gasteiger partial charge in [0.1, 0.15) is 11.6 Å². The lowest BCUT2D eigenvalue weighted by molar-refractivity contribution is -0.156. The standard InChI is InChI=1S/C10H20N2O2/c1-10(2,11)9(13)14-8-4-6-12(3)7-5-8/h8H,4-7,11H2,1-3H3. The van der Waals surface area contributed by atoms with Crippen molar-refractivity contribution in [1.82, 2.24) is 4.90 Å². The van der Waals surface area contributed by atoms with E-state index in [0.717, 1.165) is 25.9 Å². The maximum atomic E-state index is 11.5. The van der Waals surface area contributed by atoms with Gasteiger partial charge in [0, 0.05) is 13.1 Å². The molecule has 14 heavy (non-hydrogen) atoms. The molecule has 0 aromatic rings. The zero-order valence-electron chi connectivity index (χ0n) is 9.25. The first-order chi connectivity index (χ1) is 6.39. The Morgan fingerprint density at radius 3 is 2.36 bits per heavy atom. The number of rotatable bonds is 2. The van der Waals surface area contributed by atoms with Crippen molar-refractivity contribution in [3.05, 3.63) is 0 Å². The van der Waals surface area contributed by atoms with Crippen LogP contribution in [-0.2, 0) is 9.53 Å². The second kappa shape index (κ2) is 4.28. The van der Waals surface area contributed by atoms with Crippen LogP contribution in [0.25, 0.3) is 0 Å². The van der Waals surface area contributed by atoms with E-state index in [2.05, 4.69) is 11.9 Å². The van der Waals surface area contributed by atoms with Crippen LogP contribution in [0, 0.1) is 0 Å². The topological polar surface area (TPSA) is 55.6 Å². The van der Waals surface area contributed by atoms with Gasteiger partial charge in [-0.2, -0.15) is 0 Å². The molecule has 0 bridgehead atoms. The predicted octanol–water partition coefficient (Wildman–Crippen LogP) is 0.361. The van der Waals surface area contributed by atoms with Crippen LogP contribution in [0.4, 0.5) is 0 Å². The highest BCUT2D eigenvalue weighted by molar-refractivity contribution is 5.79. The normalized spacial score (nSPS) is 20.9. The zero-order valence-corrected chi connectivity index (χ0v) is 9.25. The number of nitrogens with zero attached hydrogens (tertiary/aromatic N) is 1. The molecule has 1 fully saturated rings. The summed E-state index contributed by atoms with van der Waals surface area (Å²) in [7, 11) is 2.07. The number of esters is 1. The minimum Gasteiger partial charge on any atom is -0.461 e. The molecule has 0 radical (unpaired) electrons. The number of nitrogens with two attached hydrogens (primary N) is 1. The lowest BCUT2D eigenvalue weighted by Gasteiger charge is -2.30. The Morgan fingerprint density at radius 2 is 1.93 bits per heavy atom. The molecule has 0 aromatic heterocycles. The van der Waals surface area contributed by atoms with Crippen molar-refractivity contribution in [2.24, 2.45) is 5.73 Å². The molecule has 4 nitrogen and oxygen atoms in total. The summed E-state index contributed by atoms with van der Waals surface area (Å²) in [5.74, 6) is -0.299. The highest BCUT2D eigenvalue weighted by Crippen LogP contribution is 2.14. The number of ether oxygens (including phenoxy) is 1. The van der Waals surface area contributed by atoms with E-state index < -0.39 is 5.54 Å². The van der Waals surface area contributed by atoms with Crippen LogP contribution in [0.3, 0.4) is 0 Å². The van der Waals surface area contributed by atoms with E-state index in [-0.39, 0.29) is 12.1 Å². The number of carbonyl (C=O) groups excluding carboxylic acids is 1. The largest absolute Gasteiger partial charge is 0.461 e. The first-order valence-corrected chi connectivity index (χ1v) is 5.08. The third kappa shape index (κ3) is 3.27. The zero-order chi connectivity index (χ0) is 10.8. The molecule has 0 unspecified atom stereocenters. The van der Waals surface area contributed by atoms with E-state index in [4.69, 9.17) is 10.5 Å². The Balaban J connectivity index is 2.35. The summed E-state index contributed by atoms with van der Waals surface area (Å²) >= 11 is 0. The van der Waals surface area contributed by atoms with E-state index in [1.54, 1.807) is 13.8 Å². The Kier molecular flexibility index (Phi) is 3.50. The molecule has 0 saturated carbocycles. The molecular weight excluding hydrogens is 180 g/mol. The van der Waals surface area contributed by atoms with Gasteiger partial charge in [-0.1, -0.05) is 0 Å². The number of hydrogen-bond donors (Lipinski definition) is 1. The number of carbonyl (C=O) groups is 1. The van der Waals surface area contributed by atoms with E-state index in [0.29, 0.717) is 0 Å². The molecule has 0 aliphatic carbocycles. The molecule has 0 aromatic carbocycles. The average molecular weight is 200 g/mol. The Bertz CT molecular complexity index is 203. The highest BCUT2D eigenvalue weighted by atomic mass is 16.5. The monoisotopic (exact) mass is 200 g/mol. The SMILES string of the molecule is CN1CCC(OC(=O)C(C)(C)N)CC1. The van der Waals surface area contributed by atoms with Crippen molar-refractivity contribution in [3.8, 4) is 0 Å². The molecule has 0 amide bonds. The van der Waals surface area contributed by atoms with Gasteiger partial charge in [-0.15, -0.1) is 0 Å². The second-order valence-electron chi connectivity index (χ2n) is 4.63. The van der Waals surface area contributed by atoms with Crippen LogP contribution in [0.2, 0.25) is 0 Å². The minimum absolute atomic E-state index is 0.0570. The van der Waals surface area contributed by atoms with Gasteiger partial charge in [-0.25, -0.2) is 0 Å². The molecule has 0 atom stereocenters.